The third kappa shape index (κ3) is 4.12. The molecule has 2 aromatic rings. The van der Waals surface area contributed by atoms with Crippen LogP contribution in [0.3, 0.4) is 0 Å². The van der Waals surface area contributed by atoms with Crippen molar-refractivity contribution in [2.45, 2.75) is 39.3 Å². The zero-order chi connectivity index (χ0) is 18.8. The van der Waals surface area contributed by atoms with Crippen molar-refractivity contribution < 1.29 is 14.6 Å². The summed E-state index contributed by atoms with van der Waals surface area (Å²) in [5.74, 6) is 0.512. The van der Waals surface area contributed by atoms with Crippen LogP contribution in [0.4, 0.5) is 10.5 Å². The molecule has 3 rings (SSSR count). The summed E-state index contributed by atoms with van der Waals surface area (Å²) >= 11 is 3.48. The van der Waals surface area contributed by atoms with Crippen LogP contribution in [-0.4, -0.2) is 29.2 Å². The number of phenolic OH excluding ortho intramolecular Hbond substituents is 1. The Morgan fingerprint density at radius 3 is 2.50 bits per heavy atom. The van der Waals surface area contributed by atoms with Crippen LogP contribution in [0.5, 0.6) is 11.5 Å². The molecule has 1 aliphatic rings. The number of methoxy groups -OCH3 is 1. The second-order valence-electron chi connectivity index (χ2n) is 6.71. The van der Waals surface area contributed by atoms with E-state index in [2.05, 4.69) is 21.2 Å². The third-order valence-electron chi connectivity index (χ3n) is 4.57. The molecule has 26 heavy (non-hydrogen) atoms. The lowest BCUT2D eigenvalue weighted by molar-refractivity contribution is 0.206. The molecule has 2 N–H and O–H groups in total. The van der Waals surface area contributed by atoms with Gasteiger partial charge >= 0.3 is 6.03 Å². The quantitative estimate of drug-likeness (QED) is 0.719. The highest BCUT2D eigenvalue weighted by Crippen LogP contribution is 2.32. The molecule has 0 saturated heterocycles. The molecule has 0 spiro atoms. The first-order valence-corrected chi connectivity index (χ1v) is 9.38. The summed E-state index contributed by atoms with van der Waals surface area (Å²) < 4.78 is 6.17. The van der Waals surface area contributed by atoms with Crippen LogP contribution in [0.2, 0.25) is 0 Å². The molecule has 1 fully saturated rings. The number of halogens is 1. The maximum Gasteiger partial charge on any atom is 0.322 e. The van der Waals surface area contributed by atoms with E-state index >= 15 is 0 Å². The summed E-state index contributed by atoms with van der Waals surface area (Å²) in [6, 6.07) is 9.33. The van der Waals surface area contributed by atoms with Gasteiger partial charge in [-0.2, -0.15) is 0 Å². The summed E-state index contributed by atoms with van der Waals surface area (Å²) in [4.78, 5) is 14.8. The Balaban J connectivity index is 1.79. The van der Waals surface area contributed by atoms with E-state index in [1.54, 1.807) is 12.1 Å². The number of carbonyl (C=O) groups excluding carboxylic acids is 1. The molecule has 0 unspecified atom stereocenters. The Morgan fingerprint density at radius 1 is 1.27 bits per heavy atom. The summed E-state index contributed by atoms with van der Waals surface area (Å²) in [6.45, 7) is 4.45. The van der Waals surface area contributed by atoms with Gasteiger partial charge in [0, 0.05) is 22.7 Å². The standard InChI is InChI=1S/C20H23BrN2O3/c1-12-8-15(21)9-13(2)19(12)22-20(25)23(16-5-6-16)11-14-4-7-17(24)18(10-14)26-3/h4,7-10,16,24H,5-6,11H2,1-3H3,(H,22,25). The molecule has 1 aliphatic carbocycles. The van der Waals surface area contributed by atoms with Crippen molar-refractivity contribution in [2.75, 3.05) is 12.4 Å². The SMILES string of the molecule is COc1cc(CN(C(=O)Nc2c(C)cc(Br)cc2C)C2CC2)ccc1O. The van der Waals surface area contributed by atoms with E-state index in [0.29, 0.717) is 12.3 Å². The van der Waals surface area contributed by atoms with Crippen LogP contribution in [0.25, 0.3) is 0 Å². The minimum absolute atomic E-state index is 0.0970. The van der Waals surface area contributed by atoms with Crippen molar-refractivity contribution in [2.24, 2.45) is 0 Å². The Labute approximate surface area is 162 Å². The normalized spacial score (nSPS) is 13.4. The molecule has 1 saturated carbocycles. The second-order valence-corrected chi connectivity index (χ2v) is 7.63. The number of ether oxygens (including phenoxy) is 1. The predicted octanol–water partition coefficient (Wildman–Crippen LogP) is 4.98. The fourth-order valence-electron chi connectivity index (χ4n) is 3.06. The van der Waals surface area contributed by atoms with Crippen LogP contribution < -0.4 is 10.1 Å². The van der Waals surface area contributed by atoms with Gasteiger partial charge in [0.2, 0.25) is 0 Å². The van der Waals surface area contributed by atoms with Gasteiger partial charge in [0.1, 0.15) is 0 Å². The van der Waals surface area contributed by atoms with E-state index in [4.69, 9.17) is 4.74 Å². The molecule has 0 heterocycles. The van der Waals surface area contributed by atoms with Gasteiger partial charge in [0.25, 0.3) is 0 Å². The number of phenols is 1. The topological polar surface area (TPSA) is 61.8 Å². The monoisotopic (exact) mass is 418 g/mol. The average Bonchev–Trinajstić information content (AvgIpc) is 3.42. The zero-order valence-corrected chi connectivity index (χ0v) is 16.8. The fraction of sp³-hybridized carbons (Fsp3) is 0.350. The van der Waals surface area contributed by atoms with Crippen molar-refractivity contribution in [3.05, 3.63) is 51.5 Å². The van der Waals surface area contributed by atoms with E-state index in [0.717, 1.165) is 39.7 Å². The van der Waals surface area contributed by atoms with Crippen LogP contribution in [-0.2, 0) is 6.54 Å². The number of nitrogens with zero attached hydrogens (tertiary/aromatic N) is 1. The van der Waals surface area contributed by atoms with Crippen molar-refractivity contribution >= 4 is 27.6 Å². The number of nitrogens with one attached hydrogen (secondary N) is 1. The van der Waals surface area contributed by atoms with E-state index in [1.165, 1.54) is 7.11 Å². The van der Waals surface area contributed by atoms with Crippen LogP contribution in [0.1, 0.15) is 29.5 Å². The van der Waals surface area contributed by atoms with Crippen molar-refractivity contribution in [1.82, 2.24) is 4.90 Å². The lowest BCUT2D eigenvalue weighted by Gasteiger charge is -2.24. The van der Waals surface area contributed by atoms with Crippen LogP contribution in [0, 0.1) is 13.8 Å². The Kier molecular flexibility index (Phi) is 5.41. The van der Waals surface area contributed by atoms with Crippen molar-refractivity contribution in [3.63, 3.8) is 0 Å². The number of anilines is 1. The van der Waals surface area contributed by atoms with Crippen LogP contribution >= 0.6 is 15.9 Å². The number of aromatic hydroxyl groups is 1. The largest absolute Gasteiger partial charge is 0.504 e. The van der Waals surface area contributed by atoms with Gasteiger partial charge in [-0.1, -0.05) is 22.0 Å². The summed E-state index contributed by atoms with van der Waals surface area (Å²) in [6.07, 6.45) is 2.03. The van der Waals surface area contributed by atoms with Gasteiger partial charge in [0.15, 0.2) is 11.5 Å². The Morgan fingerprint density at radius 2 is 1.92 bits per heavy atom. The molecule has 0 atom stereocenters. The molecular weight excluding hydrogens is 396 g/mol. The second kappa shape index (κ2) is 7.58. The first-order chi connectivity index (χ1) is 12.4. The molecular formula is C20H23BrN2O3. The number of carbonyl (C=O) groups is 1. The predicted molar refractivity (Wildman–Crippen MR) is 106 cm³/mol. The number of hydrogen-bond acceptors (Lipinski definition) is 3. The molecule has 0 radical (unpaired) electrons. The number of urea groups is 1. The third-order valence-corrected chi connectivity index (χ3v) is 5.03. The zero-order valence-electron chi connectivity index (χ0n) is 15.2. The van der Waals surface area contributed by atoms with Gasteiger partial charge in [-0.25, -0.2) is 4.79 Å². The van der Waals surface area contributed by atoms with Gasteiger partial charge in [-0.3, -0.25) is 0 Å². The number of rotatable bonds is 5. The number of hydrogen-bond donors (Lipinski definition) is 2. The molecule has 0 aliphatic heterocycles. The molecule has 6 heteroatoms. The number of aryl methyl sites for hydroxylation is 2. The van der Waals surface area contributed by atoms with Gasteiger partial charge in [-0.05, 0) is 67.6 Å². The summed E-state index contributed by atoms with van der Waals surface area (Å²) in [5, 5.41) is 12.8. The smallest absolute Gasteiger partial charge is 0.322 e. The maximum atomic E-state index is 12.9. The molecule has 5 nitrogen and oxygen atoms in total. The fourth-order valence-corrected chi connectivity index (χ4v) is 3.74. The number of amides is 2. The maximum absolute atomic E-state index is 12.9. The minimum atomic E-state index is -0.104. The Bertz CT molecular complexity index is 811. The summed E-state index contributed by atoms with van der Waals surface area (Å²) in [5.41, 5.74) is 3.82. The van der Waals surface area contributed by atoms with E-state index in [1.807, 2.05) is 36.9 Å². The molecule has 138 valence electrons. The molecule has 2 amide bonds. The van der Waals surface area contributed by atoms with Crippen molar-refractivity contribution in [1.29, 1.82) is 0 Å². The highest BCUT2D eigenvalue weighted by atomic mass is 79.9. The minimum Gasteiger partial charge on any atom is -0.504 e. The lowest BCUT2D eigenvalue weighted by atomic mass is 10.1. The molecule has 0 bridgehead atoms. The van der Waals surface area contributed by atoms with Gasteiger partial charge < -0.3 is 20.1 Å². The van der Waals surface area contributed by atoms with Gasteiger partial charge in [-0.15, -0.1) is 0 Å². The first kappa shape index (κ1) is 18.6. The molecule has 2 aromatic carbocycles. The number of benzene rings is 2. The lowest BCUT2D eigenvalue weighted by Crippen LogP contribution is -2.36. The Hall–Kier alpha value is -2.21. The van der Waals surface area contributed by atoms with Crippen molar-refractivity contribution in [3.8, 4) is 11.5 Å². The van der Waals surface area contributed by atoms with E-state index < -0.39 is 0 Å². The van der Waals surface area contributed by atoms with Crippen LogP contribution in [0.15, 0.2) is 34.8 Å². The first-order valence-electron chi connectivity index (χ1n) is 8.59. The highest BCUT2D eigenvalue weighted by Gasteiger charge is 2.33. The average molecular weight is 419 g/mol. The molecule has 0 aromatic heterocycles. The van der Waals surface area contributed by atoms with Gasteiger partial charge in [0.05, 0.1) is 7.11 Å². The summed E-state index contributed by atoms with van der Waals surface area (Å²) in [7, 11) is 1.52. The van der Waals surface area contributed by atoms with E-state index in [9.17, 15) is 9.90 Å². The van der Waals surface area contributed by atoms with E-state index in [-0.39, 0.29) is 17.8 Å². The highest BCUT2D eigenvalue weighted by molar-refractivity contribution is 9.10.